The van der Waals surface area contributed by atoms with Crippen molar-refractivity contribution < 1.29 is 4.79 Å². The monoisotopic (exact) mass is 381 g/mol. The van der Waals surface area contributed by atoms with E-state index in [-0.39, 0.29) is 5.91 Å². The number of amides is 1. The lowest BCUT2D eigenvalue weighted by atomic mass is 10.2. The van der Waals surface area contributed by atoms with E-state index in [9.17, 15) is 4.79 Å². The highest BCUT2D eigenvalue weighted by atomic mass is 79.9. The Morgan fingerprint density at radius 2 is 1.92 bits per heavy atom. The Balaban J connectivity index is 1.70. The number of carbonyl (C=O) groups is 1. The molecule has 24 heavy (non-hydrogen) atoms. The number of benzene rings is 2. The summed E-state index contributed by atoms with van der Waals surface area (Å²) in [6.45, 7) is 2.03. The highest BCUT2D eigenvalue weighted by Crippen LogP contribution is 2.14. The van der Waals surface area contributed by atoms with Crippen LogP contribution in [0, 0.1) is 6.92 Å². The average Bonchev–Trinajstić information content (AvgIpc) is 2.96. The lowest BCUT2D eigenvalue weighted by molar-refractivity contribution is 0.0955. The summed E-state index contributed by atoms with van der Waals surface area (Å²) in [7, 11) is 0. The third-order valence-electron chi connectivity index (χ3n) is 3.53. The lowest BCUT2D eigenvalue weighted by Crippen LogP contribution is -2.17. The van der Waals surface area contributed by atoms with Gasteiger partial charge in [-0.15, -0.1) is 0 Å². The third kappa shape index (κ3) is 3.81. The SMILES string of the molecule is Cc1cc(/C=N\NC(=O)c2cccc(Br)c2)cn1-c1ccccc1. The minimum absolute atomic E-state index is 0.244. The Kier molecular flexibility index (Phi) is 4.91. The Bertz CT molecular complexity index is 885. The van der Waals surface area contributed by atoms with E-state index in [2.05, 4.69) is 31.0 Å². The van der Waals surface area contributed by atoms with Gasteiger partial charge in [0, 0.05) is 33.2 Å². The average molecular weight is 382 g/mol. The quantitative estimate of drug-likeness (QED) is 0.531. The van der Waals surface area contributed by atoms with Gasteiger partial charge in [0.15, 0.2) is 0 Å². The van der Waals surface area contributed by atoms with Crippen LogP contribution >= 0.6 is 15.9 Å². The summed E-state index contributed by atoms with van der Waals surface area (Å²) in [4.78, 5) is 12.0. The van der Waals surface area contributed by atoms with Crippen LogP contribution in [0.15, 0.2) is 76.4 Å². The molecular weight excluding hydrogens is 366 g/mol. The molecular formula is C19H16BrN3O. The Morgan fingerprint density at radius 1 is 1.12 bits per heavy atom. The number of hydrogen-bond acceptors (Lipinski definition) is 2. The van der Waals surface area contributed by atoms with E-state index < -0.39 is 0 Å². The molecule has 0 aliphatic heterocycles. The van der Waals surface area contributed by atoms with Gasteiger partial charge in [0.1, 0.15) is 0 Å². The zero-order valence-electron chi connectivity index (χ0n) is 13.1. The van der Waals surface area contributed by atoms with Crippen LogP contribution in [-0.4, -0.2) is 16.7 Å². The molecule has 0 aliphatic carbocycles. The third-order valence-corrected chi connectivity index (χ3v) is 4.03. The second kappa shape index (κ2) is 7.27. The fourth-order valence-electron chi connectivity index (χ4n) is 2.40. The number of hydrogen-bond donors (Lipinski definition) is 1. The fraction of sp³-hybridized carbons (Fsp3) is 0.0526. The van der Waals surface area contributed by atoms with E-state index in [1.165, 1.54) is 0 Å². The number of halogens is 1. The summed E-state index contributed by atoms with van der Waals surface area (Å²) in [5.41, 5.74) is 6.21. The zero-order valence-corrected chi connectivity index (χ0v) is 14.7. The molecule has 120 valence electrons. The molecule has 1 heterocycles. The number of aromatic nitrogens is 1. The number of nitrogens with one attached hydrogen (secondary N) is 1. The predicted octanol–water partition coefficient (Wildman–Crippen LogP) is 4.31. The molecule has 0 spiro atoms. The van der Waals surface area contributed by atoms with Gasteiger partial charge in [-0.1, -0.05) is 40.2 Å². The molecule has 0 fully saturated rings. The van der Waals surface area contributed by atoms with Gasteiger partial charge in [0.2, 0.25) is 0 Å². The number of para-hydroxylation sites is 1. The summed E-state index contributed by atoms with van der Waals surface area (Å²) < 4.78 is 2.94. The Labute approximate surface area is 149 Å². The molecule has 0 saturated heterocycles. The van der Waals surface area contributed by atoms with E-state index in [0.717, 1.165) is 21.4 Å². The first-order valence-corrected chi connectivity index (χ1v) is 8.26. The van der Waals surface area contributed by atoms with Crippen molar-refractivity contribution in [1.82, 2.24) is 9.99 Å². The first-order valence-electron chi connectivity index (χ1n) is 7.47. The van der Waals surface area contributed by atoms with E-state index in [1.54, 1.807) is 18.3 Å². The Morgan fingerprint density at radius 3 is 2.67 bits per heavy atom. The second-order valence-electron chi connectivity index (χ2n) is 5.33. The maximum Gasteiger partial charge on any atom is 0.271 e. The van der Waals surface area contributed by atoms with Gasteiger partial charge in [-0.3, -0.25) is 4.79 Å². The van der Waals surface area contributed by atoms with Crippen molar-refractivity contribution in [3.63, 3.8) is 0 Å². The second-order valence-corrected chi connectivity index (χ2v) is 6.25. The van der Waals surface area contributed by atoms with Crippen LogP contribution < -0.4 is 5.43 Å². The van der Waals surface area contributed by atoms with Crippen molar-refractivity contribution in [3.8, 4) is 5.69 Å². The van der Waals surface area contributed by atoms with Crippen LogP contribution in [0.2, 0.25) is 0 Å². The van der Waals surface area contributed by atoms with E-state index in [1.807, 2.05) is 61.7 Å². The fourth-order valence-corrected chi connectivity index (χ4v) is 2.80. The van der Waals surface area contributed by atoms with Crippen LogP contribution in [0.1, 0.15) is 21.6 Å². The maximum absolute atomic E-state index is 12.0. The standard InChI is InChI=1S/C19H16BrN3O/c1-14-10-15(13-23(14)18-8-3-2-4-9-18)12-21-22-19(24)16-6-5-7-17(20)11-16/h2-13H,1H3,(H,22,24)/b21-12-. The molecule has 0 aliphatic rings. The van der Waals surface area contributed by atoms with E-state index in [4.69, 9.17) is 0 Å². The number of aryl methyl sites for hydroxylation is 1. The molecule has 0 bridgehead atoms. The lowest BCUT2D eigenvalue weighted by Gasteiger charge is -2.04. The van der Waals surface area contributed by atoms with Gasteiger partial charge in [0.05, 0.1) is 6.21 Å². The largest absolute Gasteiger partial charge is 0.321 e. The summed E-state index contributed by atoms with van der Waals surface area (Å²) in [5.74, 6) is -0.244. The van der Waals surface area contributed by atoms with E-state index in [0.29, 0.717) is 5.56 Å². The van der Waals surface area contributed by atoms with Crippen molar-refractivity contribution in [2.75, 3.05) is 0 Å². The molecule has 0 atom stereocenters. The number of hydrazone groups is 1. The molecule has 2 aromatic carbocycles. The van der Waals surface area contributed by atoms with Crippen LogP contribution in [0.4, 0.5) is 0 Å². The van der Waals surface area contributed by atoms with Crippen LogP contribution in [0.5, 0.6) is 0 Å². The predicted molar refractivity (Wildman–Crippen MR) is 99.7 cm³/mol. The highest BCUT2D eigenvalue weighted by Gasteiger charge is 2.05. The van der Waals surface area contributed by atoms with Crippen LogP contribution in [0.3, 0.4) is 0 Å². The summed E-state index contributed by atoms with van der Waals surface area (Å²) in [6, 6.07) is 19.3. The molecule has 5 heteroatoms. The van der Waals surface area contributed by atoms with Gasteiger partial charge < -0.3 is 4.57 Å². The van der Waals surface area contributed by atoms with Gasteiger partial charge in [-0.2, -0.15) is 5.10 Å². The molecule has 0 saturated carbocycles. The normalized spacial score (nSPS) is 10.9. The minimum Gasteiger partial charge on any atom is -0.321 e. The maximum atomic E-state index is 12.0. The summed E-state index contributed by atoms with van der Waals surface area (Å²) in [5, 5.41) is 4.04. The molecule has 1 aromatic heterocycles. The first kappa shape index (κ1) is 16.2. The molecule has 1 N–H and O–H groups in total. The van der Waals surface area contributed by atoms with Crippen molar-refractivity contribution >= 4 is 28.1 Å². The zero-order chi connectivity index (χ0) is 16.9. The molecule has 0 radical (unpaired) electrons. The molecule has 1 amide bonds. The van der Waals surface area contributed by atoms with Crippen molar-refractivity contribution in [2.24, 2.45) is 5.10 Å². The summed E-state index contributed by atoms with van der Waals surface area (Å²) >= 11 is 3.35. The van der Waals surface area contributed by atoms with Crippen molar-refractivity contribution in [1.29, 1.82) is 0 Å². The van der Waals surface area contributed by atoms with Crippen LogP contribution in [-0.2, 0) is 0 Å². The minimum atomic E-state index is -0.244. The van der Waals surface area contributed by atoms with Gasteiger partial charge in [-0.25, -0.2) is 5.43 Å². The van der Waals surface area contributed by atoms with Crippen LogP contribution in [0.25, 0.3) is 5.69 Å². The van der Waals surface area contributed by atoms with Gasteiger partial charge in [0.25, 0.3) is 5.91 Å². The number of nitrogens with zero attached hydrogens (tertiary/aromatic N) is 2. The smallest absolute Gasteiger partial charge is 0.271 e. The molecule has 0 unspecified atom stereocenters. The molecule has 3 aromatic rings. The van der Waals surface area contributed by atoms with Gasteiger partial charge in [-0.05, 0) is 43.3 Å². The summed E-state index contributed by atoms with van der Waals surface area (Å²) in [6.07, 6.45) is 3.63. The number of rotatable bonds is 4. The molecule has 4 nitrogen and oxygen atoms in total. The number of carbonyl (C=O) groups excluding carboxylic acids is 1. The topological polar surface area (TPSA) is 46.4 Å². The van der Waals surface area contributed by atoms with Crippen molar-refractivity contribution in [3.05, 3.63) is 88.2 Å². The molecule has 3 rings (SSSR count). The van der Waals surface area contributed by atoms with Gasteiger partial charge >= 0.3 is 0 Å². The van der Waals surface area contributed by atoms with E-state index >= 15 is 0 Å². The first-order chi connectivity index (χ1) is 11.6. The Hall–Kier alpha value is -2.66. The highest BCUT2D eigenvalue weighted by molar-refractivity contribution is 9.10. The van der Waals surface area contributed by atoms with Crippen molar-refractivity contribution in [2.45, 2.75) is 6.92 Å².